The maximum atomic E-state index is 13.2. The molecule has 18 heavy (non-hydrogen) atoms. The number of hydrogen-bond donors (Lipinski definition) is 1. The van der Waals surface area contributed by atoms with Crippen LogP contribution in [-0.4, -0.2) is 16.5 Å². The van der Waals surface area contributed by atoms with E-state index in [1.807, 2.05) is 6.92 Å². The molecule has 1 N–H and O–H groups in total. The van der Waals surface area contributed by atoms with Crippen LogP contribution in [0, 0.1) is 18.6 Å². The van der Waals surface area contributed by atoms with Crippen molar-refractivity contribution in [2.45, 2.75) is 13.8 Å². The summed E-state index contributed by atoms with van der Waals surface area (Å²) >= 11 is 0. The number of aromatic nitrogens is 2. The second-order valence-electron chi connectivity index (χ2n) is 3.91. The molecule has 0 aliphatic carbocycles. The molecule has 0 aliphatic rings. The van der Waals surface area contributed by atoms with Gasteiger partial charge in [-0.2, -0.15) is 0 Å². The monoisotopic (exact) mass is 249 g/mol. The van der Waals surface area contributed by atoms with E-state index in [-0.39, 0.29) is 0 Å². The van der Waals surface area contributed by atoms with Crippen LogP contribution < -0.4 is 5.32 Å². The van der Waals surface area contributed by atoms with Crippen LogP contribution in [0.4, 0.5) is 14.7 Å². The maximum Gasteiger partial charge on any atom is 0.223 e. The predicted octanol–water partition coefficient (Wildman–Crippen LogP) is 3.16. The molecule has 0 aliphatic heterocycles. The second-order valence-corrected chi connectivity index (χ2v) is 3.91. The van der Waals surface area contributed by atoms with Gasteiger partial charge in [0.1, 0.15) is 11.6 Å². The molecule has 0 atom stereocenters. The van der Waals surface area contributed by atoms with Crippen LogP contribution in [0.5, 0.6) is 0 Å². The van der Waals surface area contributed by atoms with Gasteiger partial charge in [0.25, 0.3) is 0 Å². The molecule has 1 aromatic heterocycles. The molecule has 2 aromatic rings. The molecule has 0 fully saturated rings. The Labute approximate surface area is 104 Å². The minimum absolute atomic E-state index is 0.409. The fourth-order valence-electron chi connectivity index (χ4n) is 1.67. The van der Waals surface area contributed by atoms with Crippen molar-refractivity contribution >= 4 is 5.95 Å². The first-order valence-electron chi connectivity index (χ1n) is 5.64. The van der Waals surface area contributed by atoms with Crippen molar-refractivity contribution in [1.82, 2.24) is 9.97 Å². The Kier molecular flexibility index (Phi) is 3.50. The lowest BCUT2D eigenvalue weighted by Gasteiger charge is -2.08. The number of anilines is 1. The molecule has 2 rings (SSSR count). The standard InChI is InChI=1S/C13H13F2N3/c1-3-16-13-17-7-8(2)12(18-13)9-4-10(14)6-11(15)5-9/h4-7H,3H2,1-2H3,(H,16,17,18). The van der Waals surface area contributed by atoms with E-state index in [1.54, 1.807) is 13.1 Å². The summed E-state index contributed by atoms with van der Waals surface area (Å²) in [6.07, 6.45) is 1.63. The van der Waals surface area contributed by atoms with Crippen LogP contribution in [0.3, 0.4) is 0 Å². The van der Waals surface area contributed by atoms with Crippen LogP contribution in [0.25, 0.3) is 11.3 Å². The number of aryl methyl sites for hydroxylation is 1. The highest BCUT2D eigenvalue weighted by Crippen LogP contribution is 2.23. The highest BCUT2D eigenvalue weighted by Gasteiger charge is 2.09. The zero-order valence-corrected chi connectivity index (χ0v) is 10.2. The van der Waals surface area contributed by atoms with Gasteiger partial charge in [-0.3, -0.25) is 0 Å². The first kappa shape index (κ1) is 12.4. The summed E-state index contributed by atoms with van der Waals surface area (Å²) in [6.45, 7) is 4.40. The van der Waals surface area contributed by atoms with E-state index >= 15 is 0 Å². The molecule has 0 saturated carbocycles. The maximum absolute atomic E-state index is 13.2. The highest BCUT2D eigenvalue weighted by molar-refractivity contribution is 5.63. The largest absolute Gasteiger partial charge is 0.354 e. The molecule has 1 heterocycles. The first-order valence-corrected chi connectivity index (χ1v) is 5.64. The van der Waals surface area contributed by atoms with Crippen molar-refractivity contribution in [3.05, 3.63) is 41.6 Å². The normalized spacial score (nSPS) is 10.4. The second kappa shape index (κ2) is 5.08. The molecule has 0 radical (unpaired) electrons. The van der Waals surface area contributed by atoms with Gasteiger partial charge in [0, 0.05) is 24.4 Å². The smallest absolute Gasteiger partial charge is 0.223 e. The van der Waals surface area contributed by atoms with Crippen molar-refractivity contribution in [1.29, 1.82) is 0 Å². The molecule has 0 unspecified atom stereocenters. The van der Waals surface area contributed by atoms with E-state index in [9.17, 15) is 8.78 Å². The van der Waals surface area contributed by atoms with E-state index in [0.717, 1.165) is 11.6 Å². The summed E-state index contributed by atoms with van der Waals surface area (Å²) in [7, 11) is 0. The Morgan fingerprint density at radius 2 is 1.83 bits per heavy atom. The molecule has 0 bridgehead atoms. The van der Waals surface area contributed by atoms with Gasteiger partial charge in [-0.15, -0.1) is 0 Å². The van der Waals surface area contributed by atoms with Crippen LogP contribution in [0.2, 0.25) is 0 Å². The van der Waals surface area contributed by atoms with Crippen molar-refractivity contribution < 1.29 is 8.78 Å². The lowest BCUT2D eigenvalue weighted by molar-refractivity contribution is 0.584. The lowest BCUT2D eigenvalue weighted by Crippen LogP contribution is -2.03. The average Bonchev–Trinajstić information content (AvgIpc) is 2.30. The topological polar surface area (TPSA) is 37.8 Å². The third-order valence-electron chi connectivity index (χ3n) is 2.44. The number of rotatable bonds is 3. The summed E-state index contributed by atoms with van der Waals surface area (Å²) < 4.78 is 26.4. The van der Waals surface area contributed by atoms with Gasteiger partial charge < -0.3 is 5.32 Å². The zero-order chi connectivity index (χ0) is 13.1. The highest BCUT2D eigenvalue weighted by atomic mass is 19.1. The third-order valence-corrected chi connectivity index (χ3v) is 2.44. The van der Waals surface area contributed by atoms with Gasteiger partial charge in [0.05, 0.1) is 5.69 Å². The summed E-state index contributed by atoms with van der Waals surface area (Å²) in [5.74, 6) is -0.788. The van der Waals surface area contributed by atoms with E-state index in [0.29, 0.717) is 23.8 Å². The van der Waals surface area contributed by atoms with E-state index in [2.05, 4.69) is 15.3 Å². The summed E-state index contributed by atoms with van der Waals surface area (Å²) in [6, 6.07) is 3.35. The van der Waals surface area contributed by atoms with Crippen LogP contribution in [0.1, 0.15) is 12.5 Å². The van der Waals surface area contributed by atoms with Gasteiger partial charge in [-0.05, 0) is 31.5 Å². The zero-order valence-electron chi connectivity index (χ0n) is 10.2. The quantitative estimate of drug-likeness (QED) is 0.908. The fourth-order valence-corrected chi connectivity index (χ4v) is 1.67. The number of benzene rings is 1. The third kappa shape index (κ3) is 2.61. The minimum atomic E-state index is -0.618. The molecule has 0 spiro atoms. The Morgan fingerprint density at radius 3 is 2.44 bits per heavy atom. The Hall–Kier alpha value is -2.04. The molecular weight excluding hydrogens is 236 g/mol. The van der Waals surface area contributed by atoms with Gasteiger partial charge in [0.2, 0.25) is 5.95 Å². The average molecular weight is 249 g/mol. The Balaban J connectivity index is 2.51. The number of hydrogen-bond acceptors (Lipinski definition) is 3. The molecular formula is C13H13F2N3. The molecule has 3 nitrogen and oxygen atoms in total. The van der Waals surface area contributed by atoms with Crippen molar-refractivity contribution in [2.24, 2.45) is 0 Å². The summed E-state index contributed by atoms with van der Waals surface area (Å²) in [5, 5.41) is 2.96. The molecule has 0 saturated heterocycles. The van der Waals surface area contributed by atoms with Crippen LogP contribution in [0.15, 0.2) is 24.4 Å². The van der Waals surface area contributed by atoms with Crippen LogP contribution >= 0.6 is 0 Å². The SMILES string of the molecule is CCNc1ncc(C)c(-c2cc(F)cc(F)c2)n1. The Bertz CT molecular complexity index is 550. The number of nitrogens with one attached hydrogen (secondary N) is 1. The Morgan fingerprint density at radius 1 is 1.17 bits per heavy atom. The van der Waals surface area contributed by atoms with E-state index < -0.39 is 11.6 Å². The number of nitrogens with zero attached hydrogens (tertiary/aromatic N) is 2. The summed E-state index contributed by atoms with van der Waals surface area (Å²) in [5.41, 5.74) is 1.70. The lowest BCUT2D eigenvalue weighted by atomic mass is 10.1. The van der Waals surface area contributed by atoms with Crippen molar-refractivity contribution in [2.75, 3.05) is 11.9 Å². The van der Waals surface area contributed by atoms with Crippen molar-refractivity contribution in [3.63, 3.8) is 0 Å². The van der Waals surface area contributed by atoms with Gasteiger partial charge in [0.15, 0.2) is 0 Å². The van der Waals surface area contributed by atoms with Gasteiger partial charge >= 0.3 is 0 Å². The number of halogens is 2. The first-order chi connectivity index (χ1) is 8.60. The minimum Gasteiger partial charge on any atom is -0.354 e. The molecule has 0 amide bonds. The van der Waals surface area contributed by atoms with Crippen molar-refractivity contribution in [3.8, 4) is 11.3 Å². The summed E-state index contributed by atoms with van der Waals surface area (Å²) in [4.78, 5) is 8.35. The fraction of sp³-hybridized carbons (Fsp3) is 0.231. The van der Waals surface area contributed by atoms with E-state index in [1.165, 1.54) is 12.1 Å². The van der Waals surface area contributed by atoms with E-state index in [4.69, 9.17) is 0 Å². The molecule has 1 aromatic carbocycles. The van der Waals surface area contributed by atoms with Gasteiger partial charge in [-0.1, -0.05) is 0 Å². The predicted molar refractivity (Wildman–Crippen MR) is 66.3 cm³/mol. The van der Waals surface area contributed by atoms with Crippen LogP contribution in [-0.2, 0) is 0 Å². The molecule has 94 valence electrons. The molecule has 5 heteroatoms. The van der Waals surface area contributed by atoms with Gasteiger partial charge in [-0.25, -0.2) is 18.7 Å².